The van der Waals surface area contributed by atoms with E-state index in [4.69, 9.17) is 9.90 Å². The third-order valence-electron chi connectivity index (χ3n) is 5.23. The maximum Gasteiger partial charge on any atom is 0.490 e. The summed E-state index contributed by atoms with van der Waals surface area (Å²) in [4.78, 5) is 32.2. The van der Waals surface area contributed by atoms with Gasteiger partial charge >= 0.3 is 12.1 Å². The van der Waals surface area contributed by atoms with Crippen LogP contribution in [0.5, 0.6) is 0 Å². The first-order valence-corrected chi connectivity index (χ1v) is 13.3. The van der Waals surface area contributed by atoms with Gasteiger partial charge in [0.15, 0.2) is 0 Å². The number of rotatable bonds is 12. The normalized spacial score (nSPS) is 11.8. The molecule has 0 saturated heterocycles. The van der Waals surface area contributed by atoms with Crippen LogP contribution in [0.3, 0.4) is 0 Å². The smallest absolute Gasteiger partial charge is 0.475 e. The summed E-state index contributed by atoms with van der Waals surface area (Å²) in [5, 5.41) is 18.9. The summed E-state index contributed by atoms with van der Waals surface area (Å²) in [5.74, 6) is -1.14. The number of alkyl halides is 3. The van der Waals surface area contributed by atoms with Crippen LogP contribution < -0.4 is 16.0 Å². The lowest BCUT2D eigenvalue weighted by molar-refractivity contribution is -0.192. The number of anilines is 2. The Morgan fingerprint density at radius 3 is 2.31 bits per heavy atom. The zero-order chi connectivity index (χ0) is 28.8. The van der Waals surface area contributed by atoms with Gasteiger partial charge < -0.3 is 21.1 Å². The molecule has 39 heavy (non-hydrogen) atoms. The number of aromatic nitrogens is 2. The Morgan fingerprint density at radius 1 is 1.03 bits per heavy atom. The van der Waals surface area contributed by atoms with E-state index in [-0.39, 0.29) is 11.9 Å². The molecule has 0 aliphatic heterocycles. The second-order valence-corrected chi connectivity index (χ2v) is 10.2. The molecule has 0 radical (unpaired) electrons. The number of nitrogens with zero attached hydrogens (tertiary/aromatic N) is 2. The fraction of sp³-hybridized carbons (Fsp3) is 0.407. The molecule has 0 saturated carbocycles. The van der Waals surface area contributed by atoms with Gasteiger partial charge in [-0.25, -0.2) is 9.78 Å². The van der Waals surface area contributed by atoms with Gasteiger partial charge in [-0.1, -0.05) is 50.2 Å². The highest BCUT2D eigenvalue weighted by Crippen LogP contribution is 2.16. The quantitative estimate of drug-likeness (QED) is 0.235. The molecule has 212 valence electrons. The fourth-order valence-corrected chi connectivity index (χ4v) is 4.16. The molecule has 1 amide bonds. The molecule has 8 nitrogen and oxygen atoms in total. The Bertz CT molecular complexity index is 1160. The summed E-state index contributed by atoms with van der Waals surface area (Å²) in [6.45, 7) is 7.55. The van der Waals surface area contributed by atoms with E-state index in [1.807, 2.05) is 31.2 Å². The number of benzene rings is 1. The largest absolute Gasteiger partial charge is 0.490 e. The topological polar surface area (TPSA) is 116 Å². The number of nitrogens with one attached hydrogen (secondary N) is 3. The Balaban J connectivity index is 0.000000673. The van der Waals surface area contributed by atoms with E-state index in [0.29, 0.717) is 24.2 Å². The van der Waals surface area contributed by atoms with Gasteiger partial charge in [-0.15, -0.1) is 11.3 Å². The van der Waals surface area contributed by atoms with Crippen LogP contribution in [0.15, 0.2) is 53.9 Å². The van der Waals surface area contributed by atoms with Crippen LogP contribution in [0.4, 0.5) is 24.9 Å². The molecule has 2 aromatic heterocycles. The second-order valence-electron chi connectivity index (χ2n) is 9.13. The summed E-state index contributed by atoms with van der Waals surface area (Å²) in [7, 11) is 0. The molecule has 4 N–H and O–H groups in total. The van der Waals surface area contributed by atoms with Gasteiger partial charge in [-0.05, 0) is 49.1 Å². The van der Waals surface area contributed by atoms with E-state index >= 15 is 0 Å². The van der Waals surface area contributed by atoms with E-state index in [1.54, 1.807) is 11.3 Å². The molecule has 0 spiro atoms. The van der Waals surface area contributed by atoms with E-state index in [0.717, 1.165) is 31.5 Å². The number of thiophene rings is 1. The lowest BCUT2D eigenvalue weighted by atomic mass is 10.0. The van der Waals surface area contributed by atoms with Crippen molar-refractivity contribution in [2.45, 2.75) is 52.3 Å². The Labute approximate surface area is 230 Å². The molecule has 0 aliphatic carbocycles. The Hall–Kier alpha value is -3.67. The van der Waals surface area contributed by atoms with Gasteiger partial charge in [0.05, 0.1) is 0 Å². The highest BCUT2D eigenvalue weighted by Gasteiger charge is 2.38. The maximum absolute atomic E-state index is 12.9. The van der Waals surface area contributed by atoms with Crippen LogP contribution in [-0.4, -0.2) is 52.3 Å². The molecule has 0 unspecified atom stereocenters. The van der Waals surface area contributed by atoms with Crippen molar-refractivity contribution >= 4 is 35.0 Å². The third kappa shape index (κ3) is 12.6. The highest BCUT2D eigenvalue weighted by molar-refractivity contribution is 7.09. The van der Waals surface area contributed by atoms with Crippen LogP contribution >= 0.6 is 11.3 Å². The van der Waals surface area contributed by atoms with Crippen LogP contribution in [0.2, 0.25) is 0 Å². The van der Waals surface area contributed by atoms with Crippen LogP contribution in [0, 0.1) is 12.8 Å². The molecule has 0 bridgehead atoms. The number of carbonyl (C=O) groups excluding carboxylic acids is 1. The summed E-state index contributed by atoms with van der Waals surface area (Å²) >= 11 is 1.75. The minimum absolute atomic E-state index is 0.00176. The molecule has 1 atom stereocenters. The lowest BCUT2D eigenvalue weighted by Gasteiger charge is -2.21. The Kier molecular flexibility index (Phi) is 12.7. The number of carbonyl (C=O) groups is 2. The zero-order valence-corrected chi connectivity index (χ0v) is 22.9. The first-order chi connectivity index (χ1) is 18.4. The fourth-order valence-electron chi connectivity index (χ4n) is 3.45. The number of carboxylic acids is 1. The monoisotopic (exact) mass is 565 g/mol. The number of aliphatic carboxylic acids is 1. The summed E-state index contributed by atoms with van der Waals surface area (Å²) < 4.78 is 31.7. The molecule has 12 heteroatoms. The number of amides is 1. The summed E-state index contributed by atoms with van der Waals surface area (Å²) in [6.07, 6.45) is -2.62. The van der Waals surface area contributed by atoms with E-state index in [1.165, 1.54) is 10.4 Å². The predicted molar refractivity (Wildman–Crippen MR) is 147 cm³/mol. The van der Waals surface area contributed by atoms with Gasteiger partial charge in [-0.2, -0.15) is 18.2 Å². The first-order valence-electron chi connectivity index (χ1n) is 12.4. The molecular formula is C27H34F3N5O3S. The van der Waals surface area contributed by atoms with Crippen molar-refractivity contribution in [2.24, 2.45) is 5.92 Å². The molecule has 3 rings (SSSR count). The zero-order valence-electron chi connectivity index (χ0n) is 22.1. The minimum Gasteiger partial charge on any atom is -0.475 e. The van der Waals surface area contributed by atoms with Gasteiger partial charge in [0, 0.05) is 29.7 Å². The van der Waals surface area contributed by atoms with Gasteiger partial charge in [0.2, 0.25) is 11.9 Å². The lowest BCUT2D eigenvalue weighted by Crippen LogP contribution is -2.41. The van der Waals surface area contributed by atoms with Crippen molar-refractivity contribution in [3.63, 3.8) is 0 Å². The number of halogens is 3. The maximum atomic E-state index is 12.9. The molecule has 0 fully saturated rings. The highest BCUT2D eigenvalue weighted by atomic mass is 32.1. The second kappa shape index (κ2) is 15.7. The standard InChI is InChI=1S/C25H33N5OS.C2HF3O2/c1-18(2)16-22(24(31)26-13-11-20-8-5-4-6-9-20)29-23-17-19(3)28-25(30-23)27-14-12-21-10-7-15-32-21;3-2(4,5)1(6)7/h4-10,15,17-18,22H,11-14,16H2,1-3H3,(H,26,31)(H2,27,28,29,30);(H,6,7)/t22-;/m0./s1. The number of hydrogen-bond donors (Lipinski definition) is 4. The van der Waals surface area contributed by atoms with Gasteiger partial charge in [0.25, 0.3) is 0 Å². The van der Waals surface area contributed by atoms with Crippen molar-refractivity contribution in [2.75, 3.05) is 23.7 Å². The average Bonchev–Trinajstić information content (AvgIpc) is 3.37. The molecule has 3 aromatic rings. The van der Waals surface area contributed by atoms with Crippen LogP contribution in [0.1, 0.15) is 36.4 Å². The predicted octanol–water partition coefficient (Wildman–Crippen LogP) is 5.32. The van der Waals surface area contributed by atoms with Gasteiger partial charge in [-0.3, -0.25) is 4.79 Å². The average molecular weight is 566 g/mol. The van der Waals surface area contributed by atoms with Gasteiger partial charge in [0.1, 0.15) is 11.9 Å². The number of aryl methyl sites for hydroxylation is 1. The first kappa shape index (κ1) is 31.5. The SMILES string of the molecule is Cc1cc(N[C@@H](CC(C)C)C(=O)NCCc2ccccc2)nc(NCCc2cccs2)n1.O=C(O)C(F)(F)F. The van der Waals surface area contributed by atoms with E-state index in [9.17, 15) is 18.0 Å². The summed E-state index contributed by atoms with van der Waals surface area (Å²) in [6, 6.07) is 15.9. The van der Waals surface area contributed by atoms with Crippen molar-refractivity contribution in [3.8, 4) is 0 Å². The van der Waals surface area contributed by atoms with E-state index < -0.39 is 12.1 Å². The minimum atomic E-state index is -5.08. The van der Waals surface area contributed by atoms with E-state index in [2.05, 4.69) is 69.4 Å². The third-order valence-corrected chi connectivity index (χ3v) is 6.17. The number of hydrogen-bond acceptors (Lipinski definition) is 7. The number of carboxylic acid groups (broad SMARTS) is 1. The van der Waals surface area contributed by atoms with Crippen molar-refractivity contribution < 1.29 is 27.9 Å². The van der Waals surface area contributed by atoms with Crippen molar-refractivity contribution in [3.05, 3.63) is 70.0 Å². The van der Waals surface area contributed by atoms with Crippen LogP contribution in [-0.2, 0) is 22.4 Å². The molecular weight excluding hydrogens is 531 g/mol. The molecule has 2 heterocycles. The van der Waals surface area contributed by atoms with Crippen LogP contribution in [0.25, 0.3) is 0 Å². The Morgan fingerprint density at radius 2 is 1.72 bits per heavy atom. The molecule has 0 aliphatic rings. The summed E-state index contributed by atoms with van der Waals surface area (Å²) in [5.41, 5.74) is 2.07. The molecule has 1 aromatic carbocycles. The van der Waals surface area contributed by atoms with Crippen molar-refractivity contribution in [1.29, 1.82) is 0 Å². The van der Waals surface area contributed by atoms with Crippen molar-refractivity contribution in [1.82, 2.24) is 15.3 Å².